The maximum absolute atomic E-state index is 8.44. The van der Waals surface area contributed by atoms with E-state index in [-0.39, 0.29) is 11.0 Å². The van der Waals surface area contributed by atoms with Crippen LogP contribution in [0.15, 0.2) is 0 Å². The summed E-state index contributed by atoms with van der Waals surface area (Å²) in [5, 5.41) is 0. The van der Waals surface area contributed by atoms with Gasteiger partial charge in [0.15, 0.2) is 0 Å². The Kier molecular flexibility index (Phi) is 20.1. The predicted octanol–water partition coefficient (Wildman–Crippen LogP) is -2.39. The van der Waals surface area contributed by atoms with Crippen molar-refractivity contribution in [3.63, 3.8) is 0 Å². The van der Waals surface area contributed by atoms with E-state index >= 15 is 0 Å². The van der Waals surface area contributed by atoms with Gasteiger partial charge in [0.2, 0.25) is 0 Å². The molecule has 0 amide bonds. The van der Waals surface area contributed by atoms with Crippen LogP contribution in [0.3, 0.4) is 0 Å². The van der Waals surface area contributed by atoms with E-state index in [1.54, 1.807) is 0 Å². The maximum atomic E-state index is 8.44. The topological polar surface area (TPSA) is 126 Å². The summed E-state index contributed by atoms with van der Waals surface area (Å²) in [6.07, 6.45) is 0. The molecule has 9 heavy (non-hydrogen) atoms. The first-order chi connectivity index (χ1) is 3.46. The van der Waals surface area contributed by atoms with Gasteiger partial charge in [0.1, 0.15) is 0 Å². The van der Waals surface area contributed by atoms with Gasteiger partial charge in [-0.25, -0.2) is 0 Å². The van der Waals surface area contributed by atoms with Crippen LogP contribution in [-0.2, 0) is 22.7 Å². The van der Waals surface area contributed by atoms with Crippen LogP contribution in [0.1, 0.15) is 0 Å². The van der Waals surface area contributed by atoms with Crippen molar-refractivity contribution in [3.8, 4) is 0 Å². The Labute approximate surface area is 60.9 Å². The number of rotatable bonds is 0. The van der Waals surface area contributed by atoms with E-state index in [4.69, 9.17) is 26.6 Å². The summed E-state index contributed by atoms with van der Waals surface area (Å²) in [6.45, 7) is 0. The van der Waals surface area contributed by atoms with Crippen LogP contribution in [0, 0.1) is 0 Å². The van der Waals surface area contributed by atoms with Crippen LogP contribution in [0.4, 0.5) is 0 Å². The monoisotopic (exact) mass is 188 g/mol. The van der Waals surface area contributed by atoms with Crippen LogP contribution in [0.5, 0.6) is 0 Å². The summed E-state index contributed by atoms with van der Waals surface area (Å²) < 4.78 is 50.7. The van der Waals surface area contributed by atoms with Gasteiger partial charge in [-0.15, -0.1) is 22.7 Å². The quantitative estimate of drug-likeness (QED) is 0.308. The molecule has 0 atom stereocenters. The van der Waals surface area contributed by atoms with Crippen LogP contribution in [-0.4, -0.2) is 37.6 Å². The molecule has 0 N–H and O–H groups in total. The molecule has 0 saturated heterocycles. The van der Waals surface area contributed by atoms with E-state index in [0.717, 1.165) is 0 Å². The van der Waals surface area contributed by atoms with Gasteiger partial charge in [-0.05, 0) is 0 Å². The first kappa shape index (κ1) is 16.2. The third-order valence-corrected chi connectivity index (χ3v) is 0. The summed E-state index contributed by atoms with van der Waals surface area (Å²) in [6, 6.07) is 0. The van der Waals surface area contributed by atoms with Gasteiger partial charge >= 0.3 is 11.0 Å². The van der Waals surface area contributed by atoms with E-state index in [2.05, 4.69) is 0 Å². The molecule has 0 unspecified atom stereocenters. The molecule has 52 valence electrons. The fourth-order valence-electron chi connectivity index (χ4n) is 0. The molecule has 9 heteroatoms. The smallest absolute Gasteiger partial charge is 0.784 e. The number of hydrogen-bond donors (Lipinski definition) is 0. The Bertz CT molecular complexity index is 69.1. The molecule has 6 nitrogen and oxygen atoms in total. The third-order valence-electron chi connectivity index (χ3n) is 0. The van der Waals surface area contributed by atoms with Crippen molar-refractivity contribution in [2.24, 2.45) is 0 Å². The molecule has 0 aliphatic heterocycles. The zero-order valence-corrected chi connectivity index (χ0v) is 6.40. The Morgan fingerprint density at radius 1 is 0.778 bits per heavy atom. The summed E-state index contributed by atoms with van der Waals surface area (Å²) in [4.78, 5) is 0. The molecule has 0 radical (unpaired) electrons. The molecule has 0 fully saturated rings. The molecule has 0 aliphatic carbocycles. The summed E-state index contributed by atoms with van der Waals surface area (Å²) >= 11 is -6.22. The second kappa shape index (κ2) is 11.2. The SMILES string of the molecule is O=S([O-])[O-].O=S([O-])[O-].[Si+4]. The zero-order chi connectivity index (χ0) is 7.15. The predicted molar refractivity (Wildman–Crippen MR) is 25.1 cm³/mol. The second-order valence-electron chi connectivity index (χ2n) is 0.408. The summed E-state index contributed by atoms with van der Waals surface area (Å²) in [5.74, 6) is 0. The van der Waals surface area contributed by atoms with Crippen LogP contribution in [0.2, 0.25) is 0 Å². The largest absolute Gasteiger partial charge is 4.00 e. The average Bonchev–Trinajstić information content (AvgIpc) is 1.25. The molecule has 0 saturated carbocycles. The standard InChI is InChI=1S/2H2O3S.Si/c2*1-4(2)3;/h2*(H2,1,2,3);/q;;+4/p-4. The fraction of sp³-hybridized carbons (Fsp3) is 0. The minimum absolute atomic E-state index is 0. The van der Waals surface area contributed by atoms with E-state index in [9.17, 15) is 0 Å². The first-order valence-electron chi connectivity index (χ1n) is 1.00. The van der Waals surface area contributed by atoms with Crippen molar-refractivity contribution in [3.05, 3.63) is 0 Å². The molecule has 0 rings (SSSR count). The Hall–Kier alpha value is 0.357. The Morgan fingerprint density at radius 3 is 0.778 bits per heavy atom. The Morgan fingerprint density at radius 2 is 0.778 bits per heavy atom. The van der Waals surface area contributed by atoms with Gasteiger partial charge in [-0.1, -0.05) is 0 Å². The average molecular weight is 188 g/mol. The van der Waals surface area contributed by atoms with Crippen LogP contribution >= 0.6 is 0 Å². The van der Waals surface area contributed by atoms with E-state index in [1.807, 2.05) is 0 Å². The van der Waals surface area contributed by atoms with Crippen LogP contribution < -0.4 is 0 Å². The van der Waals surface area contributed by atoms with Crippen molar-refractivity contribution in [1.29, 1.82) is 0 Å². The third kappa shape index (κ3) is 2650. The molecule has 0 aliphatic rings. The molecular weight excluding hydrogens is 188 g/mol. The molecule has 0 bridgehead atoms. The Balaban J connectivity index is -0.0000000720. The first-order valence-corrected chi connectivity index (χ1v) is 3.00. The molecular formula is O6S2Si. The summed E-state index contributed by atoms with van der Waals surface area (Å²) in [7, 11) is 0. The minimum atomic E-state index is -3.11. The van der Waals surface area contributed by atoms with E-state index in [0.29, 0.717) is 0 Å². The number of hydrogen-bond acceptors (Lipinski definition) is 6. The van der Waals surface area contributed by atoms with E-state index in [1.165, 1.54) is 0 Å². The van der Waals surface area contributed by atoms with Crippen LogP contribution in [0.25, 0.3) is 0 Å². The van der Waals surface area contributed by atoms with Gasteiger partial charge in [0.05, 0.1) is 0 Å². The minimum Gasteiger partial charge on any atom is -0.784 e. The van der Waals surface area contributed by atoms with E-state index < -0.39 is 22.7 Å². The van der Waals surface area contributed by atoms with Crippen molar-refractivity contribution in [1.82, 2.24) is 0 Å². The van der Waals surface area contributed by atoms with Crippen molar-refractivity contribution in [2.75, 3.05) is 0 Å². The molecule has 0 aromatic rings. The van der Waals surface area contributed by atoms with Gasteiger partial charge in [0.25, 0.3) is 0 Å². The zero-order valence-electron chi connectivity index (χ0n) is 3.77. The van der Waals surface area contributed by atoms with Gasteiger partial charge in [-0.2, -0.15) is 0 Å². The van der Waals surface area contributed by atoms with Crippen molar-refractivity contribution < 1.29 is 26.6 Å². The van der Waals surface area contributed by atoms with Gasteiger partial charge in [-0.3, -0.25) is 8.42 Å². The van der Waals surface area contributed by atoms with Gasteiger partial charge < -0.3 is 18.2 Å². The summed E-state index contributed by atoms with van der Waals surface area (Å²) in [5.41, 5.74) is 0. The molecule has 0 spiro atoms. The normalized spacial score (nSPS) is 7.78. The molecule has 0 heterocycles. The van der Waals surface area contributed by atoms with Crippen molar-refractivity contribution in [2.45, 2.75) is 0 Å². The molecule has 0 aromatic carbocycles. The molecule has 0 aromatic heterocycles. The maximum Gasteiger partial charge on any atom is 4.00 e. The fourth-order valence-corrected chi connectivity index (χ4v) is 0. The second-order valence-corrected chi connectivity index (χ2v) is 1.22. The van der Waals surface area contributed by atoms with Gasteiger partial charge in [0, 0.05) is 0 Å². The van der Waals surface area contributed by atoms with Crippen molar-refractivity contribution >= 4 is 33.7 Å².